The summed E-state index contributed by atoms with van der Waals surface area (Å²) in [5, 5.41) is 10.1. The summed E-state index contributed by atoms with van der Waals surface area (Å²) in [5.74, 6) is 0. The number of thiazole rings is 1. The summed E-state index contributed by atoms with van der Waals surface area (Å²) in [5.41, 5.74) is -2.31. The molecule has 0 amide bonds. The highest BCUT2D eigenvalue weighted by Crippen LogP contribution is 2.21. The van der Waals surface area contributed by atoms with E-state index in [1.165, 1.54) is 29.5 Å². The van der Waals surface area contributed by atoms with E-state index >= 15 is 0 Å². The van der Waals surface area contributed by atoms with Crippen LogP contribution in [0.25, 0.3) is 10.9 Å². The maximum Gasteiger partial charge on any atom is 0.329 e. The van der Waals surface area contributed by atoms with Gasteiger partial charge in [-0.05, 0) is 25.1 Å². The lowest BCUT2D eigenvalue weighted by molar-refractivity contribution is -0.0324. The lowest BCUT2D eigenvalue weighted by Crippen LogP contribution is -2.61. The second-order valence-corrected chi connectivity index (χ2v) is 9.67. The largest absolute Gasteiger partial charge is 0.375 e. The Morgan fingerprint density at radius 3 is 2.76 bits per heavy atom. The third kappa shape index (κ3) is 3.49. The zero-order valence-corrected chi connectivity index (χ0v) is 16.8. The number of benzene rings is 1. The number of hydrogen-bond donors (Lipinski definition) is 2. The van der Waals surface area contributed by atoms with Crippen molar-refractivity contribution in [1.29, 1.82) is 5.26 Å². The third-order valence-corrected chi connectivity index (χ3v) is 6.92. The molecule has 0 radical (unpaired) electrons. The van der Waals surface area contributed by atoms with Crippen LogP contribution in [0, 0.1) is 18.3 Å². The highest BCUT2D eigenvalue weighted by Gasteiger charge is 2.43. The van der Waals surface area contributed by atoms with E-state index in [0.717, 1.165) is 14.5 Å². The topological polar surface area (TPSA) is 147 Å². The molecule has 1 saturated heterocycles. The van der Waals surface area contributed by atoms with Crippen LogP contribution in [0.2, 0.25) is 0 Å². The first-order valence-electron chi connectivity index (χ1n) is 8.44. The van der Waals surface area contributed by atoms with Crippen molar-refractivity contribution < 1.29 is 13.2 Å². The van der Waals surface area contributed by atoms with E-state index < -0.39 is 26.8 Å². The summed E-state index contributed by atoms with van der Waals surface area (Å²) < 4.78 is 33.7. The molecule has 0 unspecified atom stereocenters. The monoisotopic (exact) mass is 433 g/mol. The lowest BCUT2D eigenvalue weighted by Gasteiger charge is -2.35. The highest BCUT2D eigenvalue weighted by atomic mass is 32.2. The van der Waals surface area contributed by atoms with Gasteiger partial charge in [-0.2, -0.15) is 9.98 Å². The molecule has 3 heterocycles. The van der Waals surface area contributed by atoms with E-state index in [4.69, 9.17) is 4.74 Å². The molecular weight excluding hydrogens is 418 g/mol. The van der Waals surface area contributed by atoms with Crippen molar-refractivity contribution in [3.8, 4) is 6.07 Å². The standard InChI is InChI=1S/C17H15N5O5S2/c1-10-19-5-11(28-10)6-22-15(23)13-4-12(2-3-14(13)20-16(22)24)29(25,26)21-17(7-18)8-27-9-17/h2-5,21H,6,8-9H2,1H3,(H,20,24). The summed E-state index contributed by atoms with van der Waals surface area (Å²) in [6, 6.07) is 5.71. The Morgan fingerprint density at radius 2 is 2.17 bits per heavy atom. The minimum absolute atomic E-state index is 0.0275. The van der Waals surface area contributed by atoms with Crippen molar-refractivity contribution in [2.24, 2.45) is 0 Å². The van der Waals surface area contributed by atoms with Gasteiger partial charge in [0.15, 0.2) is 5.54 Å². The SMILES string of the molecule is Cc1ncc(Cn2c(=O)[nH]c3ccc(S(=O)(=O)NC4(C#N)COC4)cc3c2=O)s1. The summed E-state index contributed by atoms with van der Waals surface area (Å²) in [6.45, 7) is 1.74. The summed E-state index contributed by atoms with van der Waals surface area (Å²) in [6.07, 6.45) is 1.59. The fraction of sp³-hybridized carbons (Fsp3) is 0.294. The normalized spacial score (nSPS) is 15.7. The zero-order valence-electron chi connectivity index (χ0n) is 15.1. The molecule has 0 atom stereocenters. The molecule has 2 aromatic heterocycles. The molecule has 0 spiro atoms. The van der Waals surface area contributed by atoms with Gasteiger partial charge < -0.3 is 9.72 Å². The number of H-pyrrole nitrogens is 1. The molecule has 1 aliphatic rings. The Labute approximate surface area is 168 Å². The first-order valence-corrected chi connectivity index (χ1v) is 10.7. The van der Waals surface area contributed by atoms with Crippen LogP contribution < -0.4 is 16.0 Å². The number of ether oxygens (including phenoxy) is 1. The number of nitriles is 1. The molecule has 4 rings (SSSR count). The first kappa shape index (κ1) is 19.5. The molecular formula is C17H15N5O5S2. The smallest absolute Gasteiger partial charge is 0.329 e. The number of nitrogens with one attached hydrogen (secondary N) is 2. The van der Waals surface area contributed by atoms with Crippen molar-refractivity contribution in [1.82, 2.24) is 19.3 Å². The number of hydrogen-bond acceptors (Lipinski definition) is 8. The van der Waals surface area contributed by atoms with Crippen molar-refractivity contribution in [2.75, 3.05) is 13.2 Å². The van der Waals surface area contributed by atoms with Gasteiger partial charge in [-0.15, -0.1) is 11.3 Å². The number of rotatable bonds is 5. The fourth-order valence-electron chi connectivity index (χ4n) is 2.94. The molecule has 0 saturated carbocycles. The average molecular weight is 433 g/mol. The molecule has 10 nitrogen and oxygen atoms in total. The first-order chi connectivity index (χ1) is 13.7. The van der Waals surface area contributed by atoms with Gasteiger partial charge >= 0.3 is 5.69 Å². The Kier molecular flexibility index (Phi) is 4.62. The fourth-order valence-corrected chi connectivity index (χ4v) is 5.04. The van der Waals surface area contributed by atoms with Gasteiger partial charge in [0.1, 0.15) is 0 Å². The second-order valence-electron chi connectivity index (χ2n) is 6.67. The molecule has 1 fully saturated rings. The molecule has 150 valence electrons. The van der Waals surface area contributed by atoms with Crippen molar-refractivity contribution in [3.05, 3.63) is 55.1 Å². The summed E-state index contributed by atoms with van der Waals surface area (Å²) >= 11 is 1.36. The van der Waals surface area contributed by atoms with Crippen LogP contribution in [-0.4, -0.2) is 41.7 Å². The van der Waals surface area contributed by atoms with E-state index in [1.54, 1.807) is 6.20 Å². The highest BCUT2D eigenvalue weighted by molar-refractivity contribution is 7.89. The average Bonchev–Trinajstić information content (AvgIpc) is 3.06. The van der Waals surface area contributed by atoms with Crippen LogP contribution >= 0.6 is 11.3 Å². The van der Waals surface area contributed by atoms with Gasteiger partial charge in [-0.1, -0.05) is 0 Å². The molecule has 2 N–H and O–H groups in total. The van der Waals surface area contributed by atoms with Gasteiger partial charge in [0, 0.05) is 11.1 Å². The maximum atomic E-state index is 12.9. The van der Waals surface area contributed by atoms with Crippen LogP contribution in [-0.2, 0) is 21.3 Å². The predicted molar refractivity (Wildman–Crippen MR) is 104 cm³/mol. The lowest BCUT2D eigenvalue weighted by atomic mass is 10.0. The Morgan fingerprint density at radius 1 is 1.41 bits per heavy atom. The van der Waals surface area contributed by atoms with E-state index in [1.807, 2.05) is 13.0 Å². The van der Waals surface area contributed by atoms with Crippen LogP contribution in [0.3, 0.4) is 0 Å². The molecule has 1 aliphatic heterocycles. The minimum Gasteiger partial charge on any atom is -0.375 e. The van der Waals surface area contributed by atoms with E-state index in [9.17, 15) is 23.3 Å². The van der Waals surface area contributed by atoms with E-state index in [-0.39, 0.29) is 35.6 Å². The van der Waals surface area contributed by atoms with Gasteiger partial charge in [-0.25, -0.2) is 18.2 Å². The molecule has 29 heavy (non-hydrogen) atoms. The van der Waals surface area contributed by atoms with Crippen molar-refractivity contribution in [3.63, 3.8) is 0 Å². The van der Waals surface area contributed by atoms with Crippen molar-refractivity contribution in [2.45, 2.75) is 23.9 Å². The van der Waals surface area contributed by atoms with Gasteiger partial charge in [0.05, 0.1) is 46.6 Å². The van der Waals surface area contributed by atoms with Crippen molar-refractivity contribution >= 4 is 32.3 Å². The number of aryl methyl sites for hydroxylation is 1. The van der Waals surface area contributed by atoms with Crippen LogP contribution in [0.4, 0.5) is 0 Å². The number of aromatic nitrogens is 3. The second kappa shape index (κ2) is 6.89. The minimum atomic E-state index is -4.08. The molecule has 3 aromatic rings. The number of fused-ring (bicyclic) bond motifs is 1. The molecule has 1 aromatic carbocycles. The van der Waals surface area contributed by atoms with Gasteiger partial charge in [-0.3, -0.25) is 9.36 Å². The quantitative estimate of drug-likeness (QED) is 0.579. The molecule has 12 heteroatoms. The predicted octanol–water partition coefficient (Wildman–Crippen LogP) is 0.0739. The Bertz CT molecular complexity index is 1380. The van der Waals surface area contributed by atoms with Crippen LogP contribution in [0.5, 0.6) is 0 Å². The number of nitrogens with zero attached hydrogens (tertiary/aromatic N) is 3. The number of sulfonamides is 1. The maximum absolute atomic E-state index is 12.9. The van der Waals surface area contributed by atoms with Crippen LogP contribution in [0.15, 0.2) is 38.9 Å². The van der Waals surface area contributed by atoms with Gasteiger partial charge in [0.25, 0.3) is 5.56 Å². The van der Waals surface area contributed by atoms with E-state index in [2.05, 4.69) is 14.7 Å². The Hall–Kier alpha value is -2.85. The summed E-state index contributed by atoms with van der Waals surface area (Å²) in [4.78, 5) is 32.5. The third-order valence-electron chi connectivity index (χ3n) is 4.49. The van der Waals surface area contributed by atoms with E-state index in [0.29, 0.717) is 0 Å². The van der Waals surface area contributed by atoms with Crippen LogP contribution in [0.1, 0.15) is 9.88 Å². The van der Waals surface area contributed by atoms with Gasteiger partial charge in [0.2, 0.25) is 10.0 Å². The zero-order chi connectivity index (χ0) is 20.8. The number of aromatic amines is 1. The summed E-state index contributed by atoms with van der Waals surface area (Å²) in [7, 11) is -4.08. The molecule has 0 aliphatic carbocycles. The molecule has 0 bridgehead atoms. The Balaban J connectivity index is 1.78.